The molecular formula is C8H5N2OS. The number of aromatic nitrogens is 2. The first-order valence-corrected chi connectivity index (χ1v) is 4.23. The molecule has 0 saturated carbocycles. The molecule has 2 rings (SSSR count). The van der Waals surface area contributed by atoms with Gasteiger partial charge in [0.15, 0.2) is 0 Å². The molecule has 2 aromatic rings. The van der Waals surface area contributed by atoms with E-state index in [2.05, 4.69) is 16.3 Å². The number of benzene rings is 1. The largest absolute Gasteiger partial charge is 0.430 e. The van der Waals surface area contributed by atoms with E-state index in [1.165, 1.54) is 11.3 Å². The topological polar surface area (TPSA) is 35.0 Å². The van der Waals surface area contributed by atoms with Crippen molar-refractivity contribution in [2.24, 2.45) is 0 Å². The summed E-state index contributed by atoms with van der Waals surface area (Å²) in [5, 5.41) is 7.96. The molecule has 0 fully saturated rings. The molecule has 0 atom stereocenters. The zero-order valence-corrected chi connectivity index (χ0v) is 6.91. The summed E-state index contributed by atoms with van der Waals surface area (Å²) in [4.78, 5) is 0. The second kappa shape index (κ2) is 3.32. The molecule has 0 amide bonds. The van der Waals surface area contributed by atoms with Gasteiger partial charge in [-0.1, -0.05) is 28.6 Å². The molecular weight excluding hydrogens is 172 g/mol. The highest BCUT2D eigenvalue weighted by molar-refractivity contribution is 7.11. The lowest BCUT2D eigenvalue weighted by Crippen LogP contribution is -1.81. The van der Waals surface area contributed by atoms with Crippen LogP contribution >= 0.6 is 11.3 Å². The Morgan fingerprint density at radius 1 is 1.33 bits per heavy atom. The first kappa shape index (κ1) is 7.24. The predicted molar refractivity (Wildman–Crippen MR) is 45.3 cm³/mol. The van der Waals surface area contributed by atoms with E-state index < -0.39 is 0 Å². The summed E-state index contributed by atoms with van der Waals surface area (Å²) in [5.74, 6) is 0.755. The lowest BCUT2D eigenvalue weighted by molar-refractivity contribution is 0.473. The summed E-state index contributed by atoms with van der Waals surface area (Å²) in [5.41, 5.74) is 1.63. The molecule has 0 spiro atoms. The van der Waals surface area contributed by atoms with Crippen LogP contribution in [0.3, 0.4) is 0 Å². The molecule has 12 heavy (non-hydrogen) atoms. The van der Waals surface area contributed by atoms with E-state index >= 15 is 0 Å². The lowest BCUT2D eigenvalue weighted by Gasteiger charge is -1.97. The van der Waals surface area contributed by atoms with Crippen LogP contribution in [0.1, 0.15) is 0 Å². The third kappa shape index (κ3) is 1.60. The zero-order chi connectivity index (χ0) is 8.23. The van der Waals surface area contributed by atoms with Crippen LogP contribution in [0.5, 0.6) is 10.9 Å². The van der Waals surface area contributed by atoms with Gasteiger partial charge in [-0.3, -0.25) is 0 Å². The summed E-state index contributed by atoms with van der Waals surface area (Å²) in [6.07, 6.45) is 0. The molecule has 0 bridgehead atoms. The molecule has 1 aromatic carbocycles. The van der Waals surface area contributed by atoms with Crippen molar-refractivity contribution < 1.29 is 4.74 Å². The van der Waals surface area contributed by atoms with Gasteiger partial charge in [-0.2, -0.15) is 0 Å². The molecule has 0 unspecified atom stereocenters. The summed E-state index contributed by atoms with van der Waals surface area (Å²) >= 11 is 1.36. The molecule has 0 aliphatic heterocycles. The van der Waals surface area contributed by atoms with Crippen LogP contribution in [0.2, 0.25) is 0 Å². The third-order valence-electron chi connectivity index (χ3n) is 1.23. The Morgan fingerprint density at radius 3 is 2.83 bits per heavy atom. The Balaban J connectivity index is 2.15. The molecule has 1 heterocycles. The van der Waals surface area contributed by atoms with Crippen molar-refractivity contribution in [1.29, 1.82) is 0 Å². The van der Waals surface area contributed by atoms with Crippen molar-refractivity contribution >= 4 is 11.3 Å². The van der Waals surface area contributed by atoms with Gasteiger partial charge >= 0.3 is 0 Å². The number of ether oxygens (including phenoxy) is 1. The quantitative estimate of drug-likeness (QED) is 0.704. The van der Waals surface area contributed by atoms with Crippen LogP contribution in [-0.4, -0.2) is 10.2 Å². The minimum Gasteiger partial charge on any atom is -0.430 e. The van der Waals surface area contributed by atoms with Crippen molar-refractivity contribution in [3.05, 3.63) is 35.8 Å². The van der Waals surface area contributed by atoms with Gasteiger partial charge in [-0.05, 0) is 18.2 Å². The smallest absolute Gasteiger partial charge is 0.299 e. The number of hydrogen-bond donors (Lipinski definition) is 0. The Hall–Kier alpha value is -1.42. The van der Waals surface area contributed by atoms with Gasteiger partial charge in [0.25, 0.3) is 5.19 Å². The Bertz CT molecular complexity index is 333. The molecule has 0 N–H and O–H groups in total. The summed E-state index contributed by atoms with van der Waals surface area (Å²) < 4.78 is 5.34. The van der Waals surface area contributed by atoms with E-state index in [1.807, 2.05) is 12.1 Å². The van der Waals surface area contributed by atoms with E-state index in [1.54, 1.807) is 17.6 Å². The molecule has 1 radical (unpaired) electrons. The van der Waals surface area contributed by atoms with Crippen LogP contribution in [0, 0.1) is 6.07 Å². The molecule has 0 aliphatic rings. The summed E-state index contributed by atoms with van der Waals surface area (Å²) in [7, 11) is 0. The Morgan fingerprint density at radius 2 is 2.17 bits per heavy atom. The van der Waals surface area contributed by atoms with Gasteiger partial charge in [-0.25, -0.2) is 0 Å². The van der Waals surface area contributed by atoms with Gasteiger partial charge in [0.05, 0.1) is 0 Å². The van der Waals surface area contributed by atoms with Crippen molar-refractivity contribution in [2.75, 3.05) is 0 Å². The molecule has 3 nitrogen and oxygen atoms in total. The maximum atomic E-state index is 5.34. The molecule has 59 valence electrons. The van der Waals surface area contributed by atoms with E-state index in [9.17, 15) is 0 Å². The second-order valence-corrected chi connectivity index (χ2v) is 2.84. The normalized spacial score (nSPS) is 9.67. The molecule has 0 aliphatic carbocycles. The van der Waals surface area contributed by atoms with Gasteiger partial charge in [0.2, 0.25) is 0 Å². The second-order valence-electron chi connectivity index (χ2n) is 2.04. The van der Waals surface area contributed by atoms with Crippen LogP contribution in [0.15, 0.2) is 29.8 Å². The Kier molecular flexibility index (Phi) is 2.00. The number of nitrogens with zero attached hydrogens (tertiary/aromatic N) is 2. The monoisotopic (exact) mass is 177 g/mol. The first-order valence-electron chi connectivity index (χ1n) is 3.35. The third-order valence-corrected chi connectivity index (χ3v) is 1.80. The van der Waals surface area contributed by atoms with Crippen molar-refractivity contribution in [3.63, 3.8) is 0 Å². The van der Waals surface area contributed by atoms with Crippen LogP contribution in [0.4, 0.5) is 0 Å². The molecule has 1 aromatic heterocycles. The van der Waals surface area contributed by atoms with Gasteiger partial charge in [-0.15, -0.1) is 5.10 Å². The number of hydrogen-bond acceptors (Lipinski definition) is 4. The lowest BCUT2D eigenvalue weighted by atomic mass is 10.3. The van der Waals surface area contributed by atoms with E-state index in [-0.39, 0.29) is 0 Å². The van der Waals surface area contributed by atoms with Crippen molar-refractivity contribution in [1.82, 2.24) is 10.2 Å². The van der Waals surface area contributed by atoms with Crippen LogP contribution in [0.25, 0.3) is 0 Å². The van der Waals surface area contributed by atoms with Gasteiger partial charge in [0.1, 0.15) is 11.3 Å². The van der Waals surface area contributed by atoms with Crippen LogP contribution in [-0.2, 0) is 0 Å². The minimum absolute atomic E-state index is 0.557. The number of rotatable bonds is 2. The van der Waals surface area contributed by atoms with Gasteiger partial charge in [0, 0.05) is 0 Å². The van der Waals surface area contributed by atoms with Crippen LogP contribution < -0.4 is 4.74 Å². The average Bonchev–Trinajstić information content (AvgIpc) is 2.59. The zero-order valence-electron chi connectivity index (χ0n) is 6.10. The van der Waals surface area contributed by atoms with E-state index in [4.69, 9.17) is 4.74 Å². The van der Waals surface area contributed by atoms with E-state index in [0.29, 0.717) is 5.19 Å². The SMILES string of the molecule is [c]1ccc(Oc2nncs2)cc1. The summed E-state index contributed by atoms with van der Waals surface area (Å²) in [6.45, 7) is 0. The molecule has 0 saturated heterocycles. The first-order chi connectivity index (χ1) is 5.95. The van der Waals surface area contributed by atoms with E-state index in [0.717, 1.165) is 5.75 Å². The maximum absolute atomic E-state index is 5.34. The minimum atomic E-state index is 0.557. The van der Waals surface area contributed by atoms with Crippen molar-refractivity contribution in [2.45, 2.75) is 0 Å². The fraction of sp³-hybridized carbons (Fsp3) is 0. The standard InChI is InChI=1S/C8H5N2OS/c1-2-4-7(5-3-1)11-8-10-9-6-12-8/h2-6H. The fourth-order valence-electron chi connectivity index (χ4n) is 0.748. The highest BCUT2D eigenvalue weighted by atomic mass is 32.1. The predicted octanol–water partition coefficient (Wildman–Crippen LogP) is 2.13. The average molecular weight is 177 g/mol. The fourth-order valence-corrected chi connectivity index (χ4v) is 1.17. The highest BCUT2D eigenvalue weighted by Gasteiger charge is 1.97. The van der Waals surface area contributed by atoms with Crippen molar-refractivity contribution in [3.8, 4) is 10.9 Å². The highest BCUT2D eigenvalue weighted by Crippen LogP contribution is 2.20. The van der Waals surface area contributed by atoms with Gasteiger partial charge < -0.3 is 4.74 Å². The Labute approximate surface area is 73.7 Å². The summed E-state index contributed by atoms with van der Waals surface area (Å²) in [6, 6.07) is 10.1. The molecule has 4 heteroatoms. The maximum Gasteiger partial charge on any atom is 0.299 e.